The molecule has 0 bridgehead atoms. The van der Waals surface area contributed by atoms with Crippen molar-refractivity contribution in [1.29, 1.82) is 0 Å². The molecule has 268 valence electrons. The molecule has 0 atom stereocenters. The molecule has 0 saturated carbocycles. The molecule has 3 heteroatoms. The average Bonchev–Trinajstić information content (AvgIpc) is 3.83. The Morgan fingerprint density at radius 1 is 0.333 bits per heavy atom. The van der Waals surface area contributed by atoms with Crippen LogP contribution in [0, 0.1) is 0 Å². The highest BCUT2D eigenvalue weighted by molar-refractivity contribution is 7.25. The summed E-state index contributed by atoms with van der Waals surface area (Å²) in [5.41, 5.74) is 14.2. The van der Waals surface area contributed by atoms with Gasteiger partial charge in [-0.25, -0.2) is 0 Å². The van der Waals surface area contributed by atoms with Crippen LogP contribution in [0.2, 0.25) is 0 Å². The van der Waals surface area contributed by atoms with Gasteiger partial charge in [0, 0.05) is 48.0 Å². The highest BCUT2D eigenvalue weighted by Crippen LogP contribution is 2.43. The number of hydrogen-bond acceptors (Lipinski definition) is 2. The first-order chi connectivity index (χ1) is 28.3. The van der Waals surface area contributed by atoms with Crippen LogP contribution in [-0.2, 0) is 0 Å². The van der Waals surface area contributed by atoms with Crippen molar-refractivity contribution in [2.24, 2.45) is 0 Å². The van der Waals surface area contributed by atoms with Gasteiger partial charge in [0.1, 0.15) is 0 Å². The fraction of sp³-hybridized carbons (Fsp3) is 0. The van der Waals surface area contributed by atoms with E-state index in [-0.39, 0.29) is 0 Å². The molecule has 0 radical (unpaired) electrons. The van der Waals surface area contributed by atoms with Crippen LogP contribution < -0.4 is 4.90 Å². The number of thiophene rings is 1. The third kappa shape index (κ3) is 5.71. The number of para-hydroxylation sites is 2. The van der Waals surface area contributed by atoms with Gasteiger partial charge in [0.05, 0.1) is 16.7 Å². The molecule has 0 saturated heterocycles. The van der Waals surface area contributed by atoms with E-state index in [4.69, 9.17) is 0 Å². The molecule has 57 heavy (non-hydrogen) atoms. The quantitative estimate of drug-likeness (QED) is 0.158. The third-order valence-electron chi connectivity index (χ3n) is 11.2. The number of fused-ring (bicyclic) bond motifs is 6. The maximum atomic E-state index is 2.46. The normalized spacial score (nSPS) is 11.5. The van der Waals surface area contributed by atoms with E-state index in [1.54, 1.807) is 0 Å². The van der Waals surface area contributed by atoms with Crippen molar-refractivity contribution in [3.05, 3.63) is 218 Å². The molecule has 2 aromatic heterocycles. The monoisotopic (exact) mass is 744 g/mol. The summed E-state index contributed by atoms with van der Waals surface area (Å²) in [5.74, 6) is 0. The second-order valence-corrected chi connectivity index (χ2v) is 15.6. The summed E-state index contributed by atoms with van der Waals surface area (Å²) in [5, 5.41) is 5.12. The lowest BCUT2D eigenvalue weighted by Gasteiger charge is -2.26. The lowest BCUT2D eigenvalue weighted by atomic mass is 9.94. The Kier molecular flexibility index (Phi) is 8.04. The Morgan fingerprint density at radius 3 is 1.68 bits per heavy atom. The molecule has 2 heterocycles. The van der Waals surface area contributed by atoms with Crippen LogP contribution in [0.15, 0.2) is 218 Å². The van der Waals surface area contributed by atoms with Crippen LogP contribution >= 0.6 is 11.3 Å². The molecule has 0 amide bonds. The molecular formula is C54H36N2S. The van der Waals surface area contributed by atoms with Crippen molar-refractivity contribution < 1.29 is 0 Å². The summed E-state index contributed by atoms with van der Waals surface area (Å²) in [7, 11) is 0. The van der Waals surface area contributed by atoms with Crippen molar-refractivity contribution in [3.8, 4) is 39.1 Å². The van der Waals surface area contributed by atoms with Gasteiger partial charge in [-0.3, -0.25) is 0 Å². The molecule has 9 aromatic carbocycles. The van der Waals surface area contributed by atoms with E-state index in [2.05, 4.69) is 228 Å². The van der Waals surface area contributed by atoms with Gasteiger partial charge >= 0.3 is 0 Å². The van der Waals surface area contributed by atoms with Gasteiger partial charge in [0.2, 0.25) is 0 Å². The molecule has 0 aliphatic heterocycles. The minimum absolute atomic E-state index is 1.10. The molecule has 2 nitrogen and oxygen atoms in total. The predicted octanol–water partition coefficient (Wildman–Crippen LogP) is 15.6. The summed E-state index contributed by atoms with van der Waals surface area (Å²) in [6, 6.07) is 79.2. The number of benzene rings is 9. The highest BCUT2D eigenvalue weighted by atomic mass is 32.1. The van der Waals surface area contributed by atoms with Crippen molar-refractivity contribution >= 4 is 70.4 Å². The highest BCUT2D eigenvalue weighted by Gasteiger charge is 2.19. The SMILES string of the molecule is c1ccc(-c2ccccc2-c2ccc(N(c3ccccc3)c3cccc(-c4ccc5c(c4)c4ccccc4n5-c4cccc5sc6ccccc6c45)c3)cc2)cc1. The molecule has 0 aliphatic carbocycles. The van der Waals surface area contributed by atoms with E-state index >= 15 is 0 Å². The third-order valence-corrected chi connectivity index (χ3v) is 12.3. The lowest BCUT2D eigenvalue weighted by molar-refractivity contribution is 1.20. The Hall–Kier alpha value is -7.20. The van der Waals surface area contributed by atoms with Gasteiger partial charge in [0.25, 0.3) is 0 Å². The standard InChI is InChI=1S/C54H36N2S/c1-3-15-37(16-4-1)44-21-7-8-22-45(44)38-29-32-42(33-30-38)55(41-18-5-2-6-19-41)43-20-13-17-39(35-43)40-31-34-50-48(36-40)46-23-9-11-25-49(46)56(50)51-26-14-28-53-54(51)47-24-10-12-27-52(47)57-53/h1-36H. The maximum Gasteiger partial charge on any atom is 0.0555 e. The summed E-state index contributed by atoms with van der Waals surface area (Å²) >= 11 is 1.87. The number of aromatic nitrogens is 1. The number of hydrogen-bond donors (Lipinski definition) is 0. The zero-order valence-corrected chi connectivity index (χ0v) is 31.9. The minimum atomic E-state index is 1.10. The molecule has 0 spiro atoms. The topological polar surface area (TPSA) is 8.17 Å². The number of nitrogens with zero attached hydrogens (tertiary/aromatic N) is 2. The largest absolute Gasteiger partial charge is 0.310 e. The van der Waals surface area contributed by atoms with Crippen LogP contribution in [0.5, 0.6) is 0 Å². The van der Waals surface area contributed by atoms with E-state index in [0.29, 0.717) is 0 Å². The fourth-order valence-corrected chi connectivity index (χ4v) is 9.72. The minimum Gasteiger partial charge on any atom is -0.310 e. The van der Waals surface area contributed by atoms with Gasteiger partial charge in [-0.15, -0.1) is 11.3 Å². The van der Waals surface area contributed by atoms with Crippen LogP contribution in [-0.4, -0.2) is 4.57 Å². The van der Waals surface area contributed by atoms with Crippen molar-refractivity contribution in [3.63, 3.8) is 0 Å². The van der Waals surface area contributed by atoms with Crippen LogP contribution in [0.4, 0.5) is 17.1 Å². The molecule has 11 rings (SSSR count). The average molecular weight is 745 g/mol. The van der Waals surface area contributed by atoms with E-state index in [9.17, 15) is 0 Å². The zero-order chi connectivity index (χ0) is 37.7. The van der Waals surface area contributed by atoms with Gasteiger partial charge in [-0.1, -0.05) is 146 Å². The van der Waals surface area contributed by atoms with Crippen LogP contribution in [0.1, 0.15) is 0 Å². The number of anilines is 3. The summed E-state index contributed by atoms with van der Waals surface area (Å²) in [6.45, 7) is 0. The van der Waals surface area contributed by atoms with Crippen LogP contribution in [0.25, 0.3) is 81.0 Å². The van der Waals surface area contributed by atoms with Crippen molar-refractivity contribution in [2.45, 2.75) is 0 Å². The first-order valence-electron chi connectivity index (χ1n) is 19.4. The molecule has 0 unspecified atom stereocenters. The predicted molar refractivity (Wildman–Crippen MR) is 245 cm³/mol. The Balaban J connectivity index is 1.01. The second-order valence-electron chi connectivity index (χ2n) is 14.5. The fourth-order valence-electron chi connectivity index (χ4n) is 8.60. The lowest BCUT2D eigenvalue weighted by Crippen LogP contribution is -2.09. The number of rotatable bonds is 7. The van der Waals surface area contributed by atoms with E-state index < -0.39 is 0 Å². The second kappa shape index (κ2) is 13.8. The molecule has 0 aliphatic rings. The van der Waals surface area contributed by atoms with Gasteiger partial charge in [-0.2, -0.15) is 0 Å². The summed E-state index contributed by atoms with van der Waals surface area (Å²) < 4.78 is 5.09. The summed E-state index contributed by atoms with van der Waals surface area (Å²) in [6.07, 6.45) is 0. The van der Waals surface area contributed by atoms with Crippen molar-refractivity contribution in [1.82, 2.24) is 4.57 Å². The molecule has 11 aromatic rings. The first kappa shape index (κ1) is 33.2. The van der Waals surface area contributed by atoms with Gasteiger partial charge < -0.3 is 9.47 Å². The maximum absolute atomic E-state index is 2.46. The summed E-state index contributed by atoms with van der Waals surface area (Å²) in [4.78, 5) is 2.35. The molecular weight excluding hydrogens is 709 g/mol. The van der Waals surface area contributed by atoms with Gasteiger partial charge in [-0.05, 0) is 106 Å². The Bertz CT molecular complexity index is 3230. The first-order valence-corrected chi connectivity index (χ1v) is 20.2. The van der Waals surface area contributed by atoms with E-state index in [0.717, 1.165) is 17.1 Å². The molecule has 0 fully saturated rings. The zero-order valence-electron chi connectivity index (χ0n) is 31.1. The van der Waals surface area contributed by atoms with Crippen molar-refractivity contribution in [2.75, 3.05) is 4.90 Å². The smallest absolute Gasteiger partial charge is 0.0555 e. The van der Waals surface area contributed by atoms with E-state index in [1.165, 1.54) is 81.0 Å². The van der Waals surface area contributed by atoms with Crippen LogP contribution in [0.3, 0.4) is 0 Å². The Labute approximate surface area is 335 Å². The van der Waals surface area contributed by atoms with Gasteiger partial charge in [0.15, 0.2) is 0 Å². The Morgan fingerprint density at radius 2 is 0.877 bits per heavy atom. The van der Waals surface area contributed by atoms with E-state index in [1.807, 2.05) is 11.3 Å². The molecule has 0 N–H and O–H groups in total.